The third kappa shape index (κ3) is 2.31. The molecule has 0 amide bonds. The number of aromatic amines is 1. The van der Waals surface area contributed by atoms with Gasteiger partial charge >= 0.3 is 0 Å². The molecule has 126 valence electrons. The second-order valence-corrected chi connectivity index (χ2v) is 7.35. The van der Waals surface area contributed by atoms with Crippen molar-refractivity contribution < 1.29 is 0 Å². The van der Waals surface area contributed by atoms with Crippen LogP contribution in [0.5, 0.6) is 0 Å². The third-order valence-corrected chi connectivity index (χ3v) is 5.66. The number of hydrogen-bond donors (Lipinski definition) is 1. The maximum absolute atomic E-state index is 5.50. The first kappa shape index (κ1) is 15.7. The lowest BCUT2D eigenvalue weighted by Gasteiger charge is -2.10. The molecule has 7 heteroatoms. The molecule has 0 aliphatic carbocycles. The Morgan fingerprint density at radius 2 is 1.58 bits per heavy atom. The molecule has 0 radical (unpaired) electrons. The molecule has 0 saturated heterocycles. The minimum Gasteiger partial charge on any atom is -0.251 e. The summed E-state index contributed by atoms with van der Waals surface area (Å²) >= 11 is 7.87. The van der Waals surface area contributed by atoms with E-state index in [4.69, 9.17) is 17.3 Å². The van der Waals surface area contributed by atoms with E-state index in [9.17, 15) is 0 Å². The van der Waals surface area contributed by atoms with Gasteiger partial charge in [0.05, 0.1) is 20.5 Å². The van der Waals surface area contributed by atoms with Gasteiger partial charge in [-0.05, 0) is 46.4 Å². The number of nitrogens with one attached hydrogen (secondary N) is 1. The van der Waals surface area contributed by atoms with Crippen molar-refractivity contribution in [2.45, 2.75) is 0 Å². The summed E-state index contributed by atoms with van der Waals surface area (Å²) in [6.45, 7) is 0. The van der Waals surface area contributed by atoms with Crippen LogP contribution >= 0.6 is 34.8 Å². The van der Waals surface area contributed by atoms with E-state index < -0.39 is 0 Å². The predicted molar refractivity (Wildman–Crippen MR) is 113 cm³/mol. The van der Waals surface area contributed by atoms with Gasteiger partial charge in [-0.25, -0.2) is 5.10 Å². The van der Waals surface area contributed by atoms with Crippen LogP contribution in [0.4, 0.5) is 0 Å². The van der Waals surface area contributed by atoms with Crippen LogP contribution in [0.15, 0.2) is 66.7 Å². The van der Waals surface area contributed by atoms with Gasteiger partial charge in [-0.15, -0.1) is 5.10 Å². The molecule has 26 heavy (non-hydrogen) atoms. The van der Waals surface area contributed by atoms with Crippen molar-refractivity contribution >= 4 is 46.1 Å². The molecule has 0 fully saturated rings. The van der Waals surface area contributed by atoms with E-state index in [1.165, 1.54) is 0 Å². The highest BCUT2D eigenvalue weighted by atomic mass is 127. The van der Waals surface area contributed by atoms with Crippen LogP contribution in [0.2, 0.25) is 0 Å². The number of rotatable bonds is 2. The van der Waals surface area contributed by atoms with Gasteiger partial charge in [-0.3, -0.25) is 4.40 Å². The topological polar surface area (TPSA) is 50.4 Å². The van der Waals surface area contributed by atoms with Crippen LogP contribution in [0.25, 0.3) is 33.8 Å². The van der Waals surface area contributed by atoms with Gasteiger partial charge in [-0.1, -0.05) is 60.7 Å². The fraction of sp³-hybridized carbons (Fsp3) is 0. The molecule has 0 aliphatic heterocycles. The fourth-order valence-corrected chi connectivity index (χ4v) is 4.30. The monoisotopic (exact) mass is 469 g/mol. The van der Waals surface area contributed by atoms with E-state index in [0.717, 1.165) is 31.6 Å². The molecular weight excluding hydrogens is 457 g/mol. The Labute approximate surface area is 167 Å². The molecule has 0 bridgehead atoms. The molecular formula is C19H12IN5S. The fourth-order valence-electron chi connectivity index (χ4n) is 3.14. The standard InChI is InChI=1S/C19H12IN5S/c20-16-15-11-14(12-7-3-1-4-8-12)23-25(15)18-21-22-19(26)24(18)17(16)13-9-5-2-6-10-13/h1-11H,(H,22,26). The number of fused-ring (bicyclic) bond motifs is 3. The number of H-pyrrole nitrogens is 1. The second-order valence-electron chi connectivity index (χ2n) is 5.89. The molecule has 5 rings (SSSR count). The van der Waals surface area contributed by atoms with Crippen molar-refractivity contribution in [3.63, 3.8) is 0 Å². The predicted octanol–water partition coefficient (Wildman–Crippen LogP) is 4.98. The lowest BCUT2D eigenvalue weighted by atomic mass is 10.1. The molecule has 0 aliphatic rings. The normalized spacial score (nSPS) is 11.4. The van der Waals surface area contributed by atoms with E-state index in [1.807, 2.05) is 45.3 Å². The van der Waals surface area contributed by atoms with Crippen LogP contribution in [0.1, 0.15) is 0 Å². The van der Waals surface area contributed by atoms with Gasteiger partial charge in [0.1, 0.15) is 0 Å². The SMILES string of the molecule is S=c1[nH]nc2n1c(-c1ccccc1)c(I)c1cc(-c3ccccc3)nn12. The average molecular weight is 469 g/mol. The summed E-state index contributed by atoms with van der Waals surface area (Å²) in [5.41, 5.74) is 5.09. The summed E-state index contributed by atoms with van der Waals surface area (Å²) in [5, 5.41) is 12.1. The Morgan fingerprint density at radius 3 is 2.27 bits per heavy atom. The van der Waals surface area contributed by atoms with Crippen LogP contribution in [0, 0.1) is 8.34 Å². The van der Waals surface area contributed by atoms with E-state index in [0.29, 0.717) is 10.5 Å². The molecule has 5 aromatic rings. The summed E-state index contributed by atoms with van der Waals surface area (Å²) < 4.78 is 5.42. The summed E-state index contributed by atoms with van der Waals surface area (Å²) in [7, 11) is 0. The number of benzene rings is 2. The third-order valence-electron chi connectivity index (χ3n) is 4.33. The Balaban J connectivity index is 1.92. The maximum atomic E-state index is 5.50. The number of nitrogens with zero attached hydrogens (tertiary/aromatic N) is 4. The van der Waals surface area contributed by atoms with Gasteiger partial charge in [0, 0.05) is 5.56 Å². The van der Waals surface area contributed by atoms with Crippen LogP contribution in [-0.4, -0.2) is 24.2 Å². The highest BCUT2D eigenvalue weighted by Crippen LogP contribution is 2.32. The second kappa shape index (κ2) is 6.03. The molecule has 3 heterocycles. The van der Waals surface area contributed by atoms with Gasteiger partial charge in [0.2, 0.25) is 4.77 Å². The molecule has 0 saturated carbocycles. The minimum absolute atomic E-state index is 0.551. The lowest BCUT2D eigenvalue weighted by Crippen LogP contribution is -2.03. The molecule has 2 aromatic carbocycles. The number of hydrogen-bond acceptors (Lipinski definition) is 3. The van der Waals surface area contributed by atoms with E-state index in [-0.39, 0.29) is 0 Å². The Hall–Kier alpha value is -2.52. The van der Waals surface area contributed by atoms with Crippen molar-refractivity contribution in [2.75, 3.05) is 0 Å². The molecule has 1 N–H and O–H groups in total. The first-order valence-corrected chi connectivity index (χ1v) is 9.52. The minimum atomic E-state index is 0.551. The van der Waals surface area contributed by atoms with Gasteiger partial charge in [-0.2, -0.15) is 9.61 Å². The van der Waals surface area contributed by atoms with Crippen molar-refractivity contribution in [2.24, 2.45) is 0 Å². The average Bonchev–Trinajstić information content (AvgIpc) is 3.29. The quantitative estimate of drug-likeness (QED) is 0.293. The van der Waals surface area contributed by atoms with Gasteiger partial charge < -0.3 is 0 Å². The van der Waals surface area contributed by atoms with Gasteiger partial charge in [0.25, 0.3) is 5.78 Å². The van der Waals surface area contributed by atoms with Crippen molar-refractivity contribution in [3.8, 4) is 22.5 Å². The van der Waals surface area contributed by atoms with Crippen molar-refractivity contribution in [1.29, 1.82) is 0 Å². The first-order chi connectivity index (χ1) is 12.7. The van der Waals surface area contributed by atoms with E-state index in [1.54, 1.807) is 0 Å². The molecule has 0 atom stereocenters. The lowest BCUT2D eigenvalue weighted by molar-refractivity contribution is 0.929. The zero-order chi connectivity index (χ0) is 17.7. The molecule has 0 spiro atoms. The smallest absolute Gasteiger partial charge is 0.251 e. The van der Waals surface area contributed by atoms with Gasteiger partial charge in [0.15, 0.2) is 0 Å². The van der Waals surface area contributed by atoms with E-state index >= 15 is 0 Å². The van der Waals surface area contributed by atoms with Crippen molar-refractivity contribution in [1.82, 2.24) is 24.2 Å². The van der Waals surface area contributed by atoms with Crippen LogP contribution in [-0.2, 0) is 0 Å². The van der Waals surface area contributed by atoms with E-state index in [2.05, 4.69) is 63.1 Å². The Morgan fingerprint density at radius 1 is 0.923 bits per heavy atom. The van der Waals surface area contributed by atoms with Crippen molar-refractivity contribution in [3.05, 3.63) is 75.1 Å². The first-order valence-electron chi connectivity index (χ1n) is 8.03. The highest BCUT2D eigenvalue weighted by molar-refractivity contribution is 14.1. The summed E-state index contributed by atoms with van der Waals surface area (Å²) in [6, 6.07) is 22.5. The number of halogens is 1. The maximum Gasteiger partial charge on any atom is 0.255 e. The highest BCUT2D eigenvalue weighted by Gasteiger charge is 2.19. The number of aromatic nitrogens is 5. The zero-order valence-electron chi connectivity index (χ0n) is 13.4. The summed E-state index contributed by atoms with van der Waals surface area (Å²) in [5.74, 6) is 0.673. The summed E-state index contributed by atoms with van der Waals surface area (Å²) in [6.07, 6.45) is 0. The Kier molecular flexibility index (Phi) is 3.64. The molecule has 3 aromatic heterocycles. The molecule has 5 nitrogen and oxygen atoms in total. The Bertz CT molecular complexity index is 1300. The van der Waals surface area contributed by atoms with Crippen LogP contribution < -0.4 is 0 Å². The molecule has 0 unspecified atom stereocenters. The largest absolute Gasteiger partial charge is 0.255 e. The van der Waals surface area contributed by atoms with Crippen LogP contribution in [0.3, 0.4) is 0 Å². The zero-order valence-corrected chi connectivity index (χ0v) is 16.4. The summed E-state index contributed by atoms with van der Waals surface area (Å²) in [4.78, 5) is 0.